The lowest BCUT2D eigenvalue weighted by molar-refractivity contribution is 0.619. The first-order chi connectivity index (χ1) is 31.9. The van der Waals surface area contributed by atoms with Crippen molar-refractivity contribution in [1.82, 2.24) is 14.5 Å². The van der Waals surface area contributed by atoms with E-state index in [4.69, 9.17) is 18.8 Å². The number of nitrogens with zero attached hydrogens (tertiary/aromatic N) is 4. The van der Waals surface area contributed by atoms with E-state index in [-0.39, 0.29) is 5.41 Å². The standard InChI is InChI=1S/C59H40N4O2/c1-59(2)49-35-43(62(41-15-7-4-8-16-41)42-25-21-38(22-26-42)57-60-51-17-9-11-19-55(51)64-57)27-29-45(49)46-30-28-44(36-50(46)59)63-53-31-23-39(37-13-5-3-6-14-37)33-47(53)48-34-40(24-32-54(48)63)58-61-52-18-10-12-20-56(52)65-58/h3-36H,1-2H3. The molecule has 0 fully saturated rings. The molecule has 1 aliphatic rings. The van der Waals surface area contributed by atoms with E-state index < -0.39 is 0 Å². The minimum absolute atomic E-state index is 0.283. The molecule has 0 aliphatic heterocycles. The van der Waals surface area contributed by atoms with Gasteiger partial charge in [0.25, 0.3) is 0 Å². The zero-order chi connectivity index (χ0) is 43.2. The van der Waals surface area contributed by atoms with E-state index in [1.165, 1.54) is 38.8 Å². The highest BCUT2D eigenvalue weighted by Crippen LogP contribution is 2.52. The summed E-state index contributed by atoms with van der Waals surface area (Å²) in [7, 11) is 0. The molecule has 0 radical (unpaired) electrons. The van der Waals surface area contributed by atoms with Crippen LogP contribution >= 0.6 is 0 Å². The van der Waals surface area contributed by atoms with Gasteiger partial charge >= 0.3 is 0 Å². The second kappa shape index (κ2) is 14.3. The maximum Gasteiger partial charge on any atom is 0.227 e. The van der Waals surface area contributed by atoms with Crippen LogP contribution in [0, 0.1) is 0 Å². The molecule has 0 saturated carbocycles. The van der Waals surface area contributed by atoms with Crippen molar-refractivity contribution in [3.63, 3.8) is 0 Å². The summed E-state index contributed by atoms with van der Waals surface area (Å²) in [5.74, 6) is 1.23. The van der Waals surface area contributed by atoms with Crippen LogP contribution in [-0.4, -0.2) is 14.5 Å². The predicted molar refractivity (Wildman–Crippen MR) is 264 cm³/mol. The van der Waals surface area contributed by atoms with Crippen LogP contribution in [0.5, 0.6) is 0 Å². The van der Waals surface area contributed by atoms with E-state index in [0.717, 1.165) is 72.5 Å². The number of oxazole rings is 2. The average Bonchev–Trinajstić information content (AvgIpc) is 4.12. The van der Waals surface area contributed by atoms with Crippen LogP contribution in [0.3, 0.4) is 0 Å². The number of benzene rings is 9. The molecule has 6 heteroatoms. The summed E-state index contributed by atoms with van der Waals surface area (Å²) in [6, 6.07) is 72.9. The van der Waals surface area contributed by atoms with Crippen molar-refractivity contribution in [2.24, 2.45) is 0 Å². The molecule has 9 aromatic carbocycles. The third-order valence-electron chi connectivity index (χ3n) is 13.3. The number of anilines is 3. The minimum Gasteiger partial charge on any atom is -0.436 e. The zero-order valence-electron chi connectivity index (χ0n) is 35.7. The Morgan fingerprint density at radius 1 is 0.415 bits per heavy atom. The third kappa shape index (κ3) is 5.95. The highest BCUT2D eigenvalue weighted by atomic mass is 16.4. The molecular weight excluding hydrogens is 797 g/mol. The summed E-state index contributed by atoms with van der Waals surface area (Å²) in [6.07, 6.45) is 0. The van der Waals surface area contributed by atoms with Crippen molar-refractivity contribution in [2.45, 2.75) is 19.3 Å². The van der Waals surface area contributed by atoms with Crippen molar-refractivity contribution in [3.05, 3.63) is 217 Å². The Kier molecular flexibility index (Phi) is 8.15. The van der Waals surface area contributed by atoms with Crippen molar-refractivity contribution >= 4 is 61.1 Å². The summed E-state index contributed by atoms with van der Waals surface area (Å²) in [5.41, 5.74) is 19.0. The largest absolute Gasteiger partial charge is 0.436 e. The third-order valence-corrected chi connectivity index (χ3v) is 13.3. The lowest BCUT2D eigenvalue weighted by atomic mass is 9.82. The van der Waals surface area contributed by atoms with E-state index in [1.807, 2.05) is 48.5 Å². The molecule has 3 heterocycles. The second-order valence-corrected chi connectivity index (χ2v) is 17.4. The van der Waals surface area contributed by atoms with Gasteiger partial charge in [0.15, 0.2) is 11.2 Å². The Bertz CT molecular complexity index is 3740. The van der Waals surface area contributed by atoms with Crippen LogP contribution in [0.4, 0.5) is 17.1 Å². The lowest BCUT2D eigenvalue weighted by Crippen LogP contribution is -2.17. The van der Waals surface area contributed by atoms with Crippen LogP contribution < -0.4 is 4.90 Å². The summed E-state index contributed by atoms with van der Waals surface area (Å²) in [5, 5.41) is 2.32. The van der Waals surface area contributed by atoms with Gasteiger partial charge in [0.2, 0.25) is 11.8 Å². The van der Waals surface area contributed by atoms with Crippen LogP contribution in [-0.2, 0) is 5.41 Å². The number of fused-ring (bicyclic) bond motifs is 8. The first-order valence-electron chi connectivity index (χ1n) is 22.1. The first-order valence-corrected chi connectivity index (χ1v) is 22.1. The Morgan fingerprint density at radius 3 is 1.58 bits per heavy atom. The van der Waals surface area contributed by atoms with E-state index in [9.17, 15) is 0 Å². The predicted octanol–water partition coefficient (Wildman–Crippen LogP) is 15.8. The molecule has 0 N–H and O–H groups in total. The van der Waals surface area contributed by atoms with Gasteiger partial charge in [-0.2, -0.15) is 0 Å². The highest BCUT2D eigenvalue weighted by Gasteiger charge is 2.37. The van der Waals surface area contributed by atoms with Gasteiger partial charge < -0.3 is 18.3 Å². The molecule has 308 valence electrons. The number of aromatic nitrogens is 3. The molecule has 0 spiro atoms. The number of hydrogen-bond acceptors (Lipinski definition) is 5. The van der Waals surface area contributed by atoms with E-state index in [0.29, 0.717) is 11.8 Å². The molecule has 0 bridgehead atoms. The summed E-state index contributed by atoms with van der Waals surface area (Å²) >= 11 is 0. The van der Waals surface area contributed by atoms with Crippen molar-refractivity contribution in [1.29, 1.82) is 0 Å². The lowest BCUT2D eigenvalue weighted by Gasteiger charge is -2.28. The Hall–Kier alpha value is -8.48. The van der Waals surface area contributed by atoms with E-state index in [1.54, 1.807) is 0 Å². The summed E-state index contributed by atoms with van der Waals surface area (Å²) < 4.78 is 14.8. The van der Waals surface area contributed by atoms with Gasteiger partial charge in [0, 0.05) is 50.1 Å². The number of para-hydroxylation sites is 5. The van der Waals surface area contributed by atoms with Crippen molar-refractivity contribution in [2.75, 3.05) is 4.90 Å². The van der Waals surface area contributed by atoms with Gasteiger partial charge in [-0.1, -0.05) is 105 Å². The Balaban J connectivity index is 0.910. The quantitative estimate of drug-likeness (QED) is 0.160. The van der Waals surface area contributed by atoms with Crippen LogP contribution in [0.25, 0.3) is 94.9 Å². The highest BCUT2D eigenvalue weighted by molar-refractivity contribution is 6.11. The molecule has 6 nitrogen and oxygen atoms in total. The van der Waals surface area contributed by atoms with E-state index >= 15 is 0 Å². The monoisotopic (exact) mass is 836 g/mol. The van der Waals surface area contributed by atoms with Crippen molar-refractivity contribution in [3.8, 4) is 50.8 Å². The molecule has 0 amide bonds. The van der Waals surface area contributed by atoms with Gasteiger partial charge in [0.05, 0.1) is 11.0 Å². The molecule has 12 aromatic rings. The van der Waals surface area contributed by atoms with Gasteiger partial charge in [-0.25, -0.2) is 9.97 Å². The smallest absolute Gasteiger partial charge is 0.227 e. The van der Waals surface area contributed by atoms with Gasteiger partial charge in [0.1, 0.15) is 11.0 Å². The average molecular weight is 837 g/mol. The summed E-state index contributed by atoms with van der Waals surface area (Å²) in [4.78, 5) is 11.9. The van der Waals surface area contributed by atoms with Crippen molar-refractivity contribution < 1.29 is 8.83 Å². The molecule has 3 aromatic heterocycles. The SMILES string of the molecule is CC1(C)c2cc(N(c3ccccc3)c3ccc(-c4nc5ccccc5o4)cc3)ccc2-c2ccc(-n3c4ccc(-c5ccccc5)cc4c4cc(-c5nc6ccccc6o5)ccc43)cc21. The van der Waals surface area contributed by atoms with Crippen LogP contribution in [0.2, 0.25) is 0 Å². The number of rotatable bonds is 7. The Morgan fingerprint density at radius 2 is 0.923 bits per heavy atom. The molecule has 1 aliphatic carbocycles. The Labute approximate surface area is 375 Å². The van der Waals surface area contributed by atoms with Crippen LogP contribution in [0.1, 0.15) is 25.0 Å². The normalized spacial score (nSPS) is 12.9. The fourth-order valence-electron chi connectivity index (χ4n) is 10.0. The maximum absolute atomic E-state index is 6.28. The van der Waals surface area contributed by atoms with Gasteiger partial charge in [-0.15, -0.1) is 0 Å². The van der Waals surface area contributed by atoms with E-state index in [2.05, 4.69) is 181 Å². The second-order valence-electron chi connectivity index (χ2n) is 17.4. The molecule has 65 heavy (non-hydrogen) atoms. The maximum atomic E-state index is 6.28. The molecule has 0 saturated heterocycles. The molecular formula is C59H40N4O2. The fraction of sp³-hybridized carbons (Fsp3) is 0.0508. The molecule has 13 rings (SSSR count). The zero-order valence-corrected chi connectivity index (χ0v) is 35.7. The van der Waals surface area contributed by atoms with Gasteiger partial charge in [-0.3, -0.25) is 0 Å². The summed E-state index contributed by atoms with van der Waals surface area (Å²) in [6.45, 7) is 4.72. The fourth-order valence-corrected chi connectivity index (χ4v) is 10.0. The number of hydrogen-bond donors (Lipinski definition) is 0. The van der Waals surface area contributed by atoms with Gasteiger partial charge in [-0.05, 0) is 149 Å². The first kappa shape index (κ1) is 37.1. The minimum atomic E-state index is -0.283. The van der Waals surface area contributed by atoms with Crippen LogP contribution in [0.15, 0.2) is 215 Å². The molecule has 0 unspecified atom stereocenters. The topological polar surface area (TPSA) is 60.2 Å². The molecule has 0 atom stereocenters.